The highest BCUT2D eigenvalue weighted by molar-refractivity contribution is 7.91. The highest BCUT2D eigenvalue weighted by atomic mass is 32.2. The minimum absolute atomic E-state index is 0.0295. The molecule has 4 rings (SSSR count). The Hall–Kier alpha value is -2.41. The first-order valence-corrected chi connectivity index (χ1v) is 9.86. The van der Waals surface area contributed by atoms with Crippen molar-refractivity contribution in [3.05, 3.63) is 66.0 Å². The van der Waals surface area contributed by atoms with Crippen LogP contribution in [0.2, 0.25) is 0 Å². The first kappa shape index (κ1) is 16.1. The lowest BCUT2D eigenvalue weighted by atomic mass is 10.1. The molecular formula is C18H17FN2O3S. The first-order valence-electron chi connectivity index (χ1n) is 8.04. The van der Waals surface area contributed by atoms with Gasteiger partial charge in [-0.15, -0.1) is 0 Å². The van der Waals surface area contributed by atoms with Crippen LogP contribution in [0.3, 0.4) is 0 Å². The third-order valence-electron chi connectivity index (χ3n) is 4.78. The second-order valence-corrected chi connectivity index (χ2v) is 8.61. The summed E-state index contributed by atoms with van der Waals surface area (Å²) in [5.41, 5.74) is 1.47. The average Bonchev–Trinajstić information content (AvgIpc) is 3.01. The van der Waals surface area contributed by atoms with Gasteiger partial charge in [0.1, 0.15) is 5.82 Å². The molecule has 0 saturated carbocycles. The molecule has 25 heavy (non-hydrogen) atoms. The Bertz CT molecular complexity index is 900. The van der Waals surface area contributed by atoms with Crippen molar-refractivity contribution in [2.75, 3.05) is 16.4 Å². The Morgan fingerprint density at radius 1 is 0.960 bits per heavy atom. The molecule has 2 fully saturated rings. The molecule has 2 aromatic carbocycles. The molecule has 0 aromatic heterocycles. The minimum atomic E-state index is -3.20. The molecule has 2 atom stereocenters. The SMILES string of the molecule is O=C1N(Cc2ccc(F)cc2)C2CS(=O)(=O)CC2N1c1ccccc1. The summed E-state index contributed by atoms with van der Waals surface area (Å²) in [7, 11) is -3.20. The maximum Gasteiger partial charge on any atom is 0.325 e. The molecule has 130 valence electrons. The van der Waals surface area contributed by atoms with Crippen LogP contribution in [0.5, 0.6) is 0 Å². The summed E-state index contributed by atoms with van der Waals surface area (Å²) >= 11 is 0. The van der Waals surface area contributed by atoms with Gasteiger partial charge in [0.2, 0.25) is 0 Å². The maximum absolute atomic E-state index is 13.1. The number of nitrogens with zero attached hydrogens (tertiary/aromatic N) is 2. The fourth-order valence-electron chi connectivity index (χ4n) is 3.64. The lowest BCUT2D eigenvalue weighted by Crippen LogP contribution is -2.37. The summed E-state index contributed by atoms with van der Waals surface area (Å²) in [4.78, 5) is 16.2. The van der Waals surface area contributed by atoms with Gasteiger partial charge in [0, 0.05) is 12.2 Å². The van der Waals surface area contributed by atoms with Crippen LogP contribution < -0.4 is 4.90 Å². The third kappa shape index (κ3) is 2.89. The number of halogens is 1. The van der Waals surface area contributed by atoms with E-state index in [1.165, 1.54) is 12.1 Å². The molecule has 2 saturated heterocycles. The van der Waals surface area contributed by atoms with Crippen molar-refractivity contribution >= 4 is 21.6 Å². The fraction of sp³-hybridized carbons (Fsp3) is 0.278. The summed E-state index contributed by atoms with van der Waals surface area (Å²) in [5.74, 6) is -0.407. The van der Waals surface area contributed by atoms with E-state index in [1.54, 1.807) is 34.1 Å². The molecule has 0 radical (unpaired) electrons. The molecule has 5 nitrogen and oxygen atoms in total. The normalized spacial score (nSPS) is 24.6. The Labute approximate surface area is 145 Å². The zero-order valence-electron chi connectivity index (χ0n) is 13.4. The molecule has 2 aliphatic rings. The van der Waals surface area contributed by atoms with E-state index in [2.05, 4.69) is 0 Å². The number of rotatable bonds is 3. The van der Waals surface area contributed by atoms with Crippen molar-refractivity contribution < 1.29 is 17.6 Å². The lowest BCUT2D eigenvalue weighted by molar-refractivity contribution is 0.206. The standard InChI is InChI=1S/C18H17FN2O3S/c19-14-8-6-13(7-9-14)10-20-16-11-25(23,24)12-17(16)21(18(20)22)15-4-2-1-3-5-15/h1-9,16-17H,10-12H2. The lowest BCUT2D eigenvalue weighted by Gasteiger charge is -2.22. The molecule has 0 aliphatic carbocycles. The van der Waals surface area contributed by atoms with Crippen molar-refractivity contribution in [1.29, 1.82) is 0 Å². The number of hydrogen-bond donors (Lipinski definition) is 0. The van der Waals surface area contributed by atoms with E-state index < -0.39 is 9.84 Å². The summed E-state index contributed by atoms with van der Waals surface area (Å²) in [6.07, 6.45) is 0. The van der Waals surface area contributed by atoms with E-state index in [-0.39, 0.29) is 42.0 Å². The number of para-hydroxylation sites is 1. The predicted octanol–water partition coefficient (Wildman–Crippen LogP) is 2.43. The number of sulfone groups is 1. The van der Waals surface area contributed by atoms with Crippen molar-refractivity contribution in [3.8, 4) is 0 Å². The molecule has 2 heterocycles. The number of amides is 2. The first-order chi connectivity index (χ1) is 11.9. The van der Waals surface area contributed by atoms with E-state index in [9.17, 15) is 17.6 Å². The van der Waals surface area contributed by atoms with Crippen LogP contribution in [-0.2, 0) is 16.4 Å². The monoisotopic (exact) mass is 360 g/mol. The van der Waals surface area contributed by atoms with Crippen LogP contribution in [0.15, 0.2) is 54.6 Å². The summed E-state index contributed by atoms with van der Waals surface area (Å²) < 4.78 is 37.4. The van der Waals surface area contributed by atoms with E-state index in [0.717, 1.165) is 5.56 Å². The van der Waals surface area contributed by atoms with Crippen molar-refractivity contribution in [1.82, 2.24) is 4.90 Å². The van der Waals surface area contributed by atoms with E-state index >= 15 is 0 Å². The minimum Gasteiger partial charge on any atom is -0.314 e. The number of carbonyl (C=O) groups excluding carboxylic acids is 1. The highest BCUT2D eigenvalue weighted by Gasteiger charge is 2.53. The largest absolute Gasteiger partial charge is 0.325 e. The van der Waals surface area contributed by atoms with Gasteiger partial charge >= 0.3 is 6.03 Å². The number of fused-ring (bicyclic) bond motifs is 1. The zero-order valence-corrected chi connectivity index (χ0v) is 14.2. The summed E-state index contributed by atoms with van der Waals surface area (Å²) in [6.45, 7) is 0.263. The average molecular weight is 360 g/mol. The second kappa shape index (κ2) is 5.84. The Kier molecular flexibility index (Phi) is 3.76. The smallest absolute Gasteiger partial charge is 0.314 e. The summed E-state index contributed by atoms with van der Waals surface area (Å²) in [5, 5.41) is 0. The topological polar surface area (TPSA) is 57.7 Å². The van der Waals surface area contributed by atoms with Crippen LogP contribution >= 0.6 is 0 Å². The van der Waals surface area contributed by atoms with Gasteiger partial charge in [0.25, 0.3) is 0 Å². The van der Waals surface area contributed by atoms with Crippen LogP contribution in [0.1, 0.15) is 5.56 Å². The summed E-state index contributed by atoms with van der Waals surface area (Å²) in [6, 6.07) is 14.0. The molecule has 0 spiro atoms. The van der Waals surface area contributed by atoms with Gasteiger partial charge in [-0.25, -0.2) is 17.6 Å². The Morgan fingerprint density at radius 3 is 2.28 bits per heavy atom. The quantitative estimate of drug-likeness (QED) is 0.790. The molecular weight excluding hydrogens is 343 g/mol. The molecule has 2 unspecified atom stereocenters. The molecule has 7 heteroatoms. The maximum atomic E-state index is 13.1. The molecule has 2 amide bonds. The Balaban J connectivity index is 1.69. The van der Waals surface area contributed by atoms with Gasteiger partial charge in [-0.3, -0.25) is 4.90 Å². The second-order valence-electron chi connectivity index (χ2n) is 6.45. The Morgan fingerprint density at radius 2 is 1.60 bits per heavy atom. The zero-order chi connectivity index (χ0) is 17.6. The van der Waals surface area contributed by atoms with Crippen molar-refractivity contribution in [2.45, 2.75) is 18.6 Å². The van der Waals surface area contributed by atoms with Crippen LogP contribution in [-0.4, -0.2) is 42.9 Å². The van der Waals surface area contributed by atoms with Crippen molar-refractivity contribution in [3.63, 3.8) is 0 Å². The van der Waals surface area contributed by atoms with Gasteiger partial charge in [-0.1, -0.05) is 30.3 Å². The molecule has 2 aliphatic heterocycles. The molecule has 2 aromatic rings. The van der Waals surface area contributed by atoms with E-state index in [1.807, 2.05) is 18.2 Å². The highest BCUT2D eigenvalue weighted by Crippen LogP contribution is 2.35. The predicted molar refractivity (Wildman–Crippen MR) is 92.5 cm³/mol. The third-order valence-corrected chi connectivity index (χ3v) is 6.48. The fourth-order valence-corrected chi connectivity index (χ4v) is 5.59. The van der Waals surface area contributed by atoms with E-state index in [0.29, 0.717) is 5.69 Å². The van der Waals surface area contributed by atoms with Crippen LogP contribution in [0.4, 0.5) is 14.9 Å². The number of urea groups is 1. The van der Waals surface area contributed by atoms with Crippen molar-refractivity contribution in [2.24, 2.45) is 0 Å². The van der Waals surface area contributed by atoms with Gasteiger partial charge in [-0.05, 0) is 29.8 Å². The van der Waals surface area contributed by atoms with Gasteiger partial charge in [-0.2, -0.15) is 0 Å². The molecule has 0 bridgehead atoms. The number of anilines is 1. The number of hydrogen-bond acceptors (Lipinski definition) is 3. The number of benzene rings is 2. The van der Waals surface area contributed by atoms with E-state index in [4.69, 9.17) is 0 Å². The molecule has 0 N–H and O–H groups in total. The van der Waals surface area contributed by atoms with Gasteiger partial charge in [0.05, 0.1) is 23.6 Å². The van der Waals surface area contributed by atoms with Crippen LogP contribution in [0.25, 0.3) is 0 Å². The number of carbonyl (C=O) groups is 1. The van der Waals surface area contributed by atoms with Gasteiger partial charge in [0.15, 0.2) is 9.84 Å². The van der Waals surface area contributed by atoms with Crippen LogP contribution in [0, 0.1) is 5.82 Å². The van der Waals surface area contributed by atoms with Gasteiger partial charge < -0.3 is 4.90 Å².